The van der Waals surface area contributed by atoms with E-state index < -0.39 is 5.95 Å². The Labute approximate surface area is 202 Å². The number of nitrogen functional groups attached to an aromatic ring is 1. The number of aromatic nitrogens is 4. The van der Waals surface area contributed by atoms with Gasteiger partial charge in [-0.1, -0.05) is 12.1 Å². The average molecular weight is 474 g/mol. The molecule has 1 aliphatic heterocycles. The summed E-state index contributed by atoms with van der Waals surface area (Å²) in [6.07, 6.45) is 1.45. The highest BCUT2D eigenvalue weighted by Gasteiger charge is 2.20. The Hall–Kier alpha value is -3.85. The van der Waals surface area contributed by atoms with Crippen molar-refractivity contribution < 1.29 is 4.39 Å². The summed E-state index contributed by atoms with van der Waals surface area (Å²) in [7, 11) is 0. The predicted molar refractivity (Wildman–Crippen MR) is 137 cm³/mol. The number of piperazine rings is 1. The first-order valence-electron chi connectivity index (χ1n) is 11.7. The van der Waals surface area contributed by atoms with Crippen LogP contribution in [-0.4, -0.2) is 57.1 Å². The molecule has 0 aliphatic carbocycles. The highest BCUT2D eigenvalue weighted by atomic mass is 19.1. The van der Waals surface area contributed by atoms with Gasteiger partial charge in [0.1, 0.15) is 11.6 Å². The molecule has 1 saturated heterocycles. The number of aryl methyl sites for hydroxylation is 1. The lowest BCUT2D eigenvalue weighted by molar-refractivity contribution is 0.209. The number of H-pyrrole nitrogens is 1. The third kappa shape index (κ3) is 4.46. The molecule has 0 radical (unpaired) electrons. The van der Waals surface area contributed by atoms with E-state index in [0.717, 1.165) is 31.9 Å². The van der Waals surface area contributed by atoms with Crippen LogP contribution in [0.1, 0.15) is 19.7 Å². The second-order valence-electron chi connectivity index (χ2n) is 9.16. The molecule has 0 spiro atoms. The summed E-state index contributed by atoms with van der Waals surface area (Å²) >= 11 is 0. The van der Waals surface area contributed by atoms with Gasteiger partial charge in [0.25, 0.3) is 5.56 Å². The number of pyridine rings is 2. The van der Waals surface area contributed by atoms with Crippen molar-refractivity contribution in [3.8, 4) is 22.4 Å². The van der Waals surface area contributed by atoms with Gasteiger partial charge >= 0.3 is 0 Å². The smallest absolute Gasteiger partial charge is 0.260 e. The molecule has 0 amide bonds. The van der Waals surface area contributed by atoms with Crippen molar-refractivity contribution in [3.63, 3.8) is 0 Å². The highest BCUT2D eigenvalue weighted by Crippen LogP contribution is 2.32. The molecule has 1 aromatic carbocycles. The lowest BCUT2D eigenvalue weighted by Crippen LogP contribution is -2.48. The van der Waals surface area contributed by atoms with Gasteiger partial charge in [-0.25, -0.2) is 9.97 Å². The Morgan fingerprint density at radius 1 is 1.03 bits per heavy atom. The number of hydrogen-bond donors (Lipinski definition) is 2. The standard InChI is InChI=1S/C26H28FN7O/c1-15(2)33-8-10-34(11-9-33)18-6-4-17(5-7-18)19-12-20(25(28)32-24(19)27)22-13-23-21(14-29-22)26(35)31-16(3)30-23/h4-7,12-15H,8-11H2,1-3H3,(H2,28,32)(H,30,31,35). The van der Waals surface area contributed by atoms with Gasteiger partial charge in [-0.05, 0) is 50.6 Å². The maximum Gasteiger partial charge on any atom is 0.260 e. The zero-order valence-corrected chi connectivity index (χ0v) is 20.0. The van der Waals surface area contributed by atoms with Gasteiger partial charge in [0.15, 0.2) is 0 Å². The molecule has 35 heavy (non-hydrogen) atoms. The van der Waals surface area contributed by atoms with Crippen molar-refractivity contribution >= 4 is 22.4 Å². The van der Waals surface area contributed by atoms with Gasteiger partial charge in [-0.3, -0.25) is 14.7 Å². The second-order valence-corrected chi connectivity index (χ2v) is 9.16. The van der Waals surface area contributed by atoms with E-state index in [1.54, 1.807) is 19.1 Å². The number of halogens is 1. The van der Waals surface area contributed by atoms with Crippen LogP contribution in [0.4, 0.5) is 15.9 Å². The molecule has 0 unspecified atom stereocenters. The van der Waals surface area contributed by atoms with Gasteiger partial charge in [-0.15, -0.1) is 0 Å². The van der Waals surface area contributed by atoms with Gasteiger partial charge < -0.3 is 15.6 Å². The molecular weight excluding hydrogens is 445 g/mol. The first-order valence-corrected chi connectivity index (χ1v) is 11.7. The quantitative estimate of drug-likeness (QED) is 0.437. The normalized spacial score (nSPS) is 14.7. The SMILES string of the molecule is Cc1nc2cc(-c3cc(-c4ccc(N5CCN(C(C)C)CC5)cc4)c(F)nc3N)ncc2c(=O)[nH]1. The van der Waals surface area contributed by atoms with E-state index in [-0.39, 0.29) is 11.4 Å². The van der Waals surface area contributed by atoms with E-state index in [2.05, 4.69) is 43.6 Å². The fourth-order valence-corrected chi connectivity index (χ4v) is 4.56. The van der Waals surface area contributed by atoms with Gasteiger partial charge in [-0.2, -0.15) is 4.39 Å². The maximum atomic E-state index is 14.9. The molecule has 1 aliphatic rings. The van der Waals surface area contributed by atoms with E-state index in [0.29, 0.717) is 45.2 Å². The summed E-state index contributed by atoms with van der Waals surface area (Å²) in [5.41, 5.74) is 9.40. The van der Waals surface area contributed by atoms with Crippen LogP contribution in [0.15, 0.2) is 47.4 Å². The minimum absolute atomic E-state index is 0.0271. The third-order valence-electron chi connectivity index (χ3n) is 6.58. The highest BCUT2D eigenvalue weighted by molar-refractivity contribution is 5.85. The number of anilines is 2. The Bertz CT molecular complexity index is 1440. The fourth-order valence-electron chi connectivity index (χ4n) is 4.56. The molecule has 8 nitrogen and oxygen atoms in total. The molecule has 0 bridgehead atoms. The molecule has 5 rings (SSSR count). The molecule has 4 aromatic rings. The fraction of sp³-hybridized carbons (Fsp3) is 0.308. The van der Waals surface area contributed by atoms with Gasteiger partial charge in [0.2, 0.25) is 5.95 Å². The molecule has 180 valence electrons. The average Bonchev–Trinajstić information content (AvgIpc) is 2.84. The van der Waals surface area contributed by atoms with Crippen LogP contribution >= 0.6 is 0 Å². The van der Waals surface area contributed by atoms with E-state index in [9.17, 15) is 9.18 Å². The molecule has 9 heteroatoms. The largest absolute Gasteiger partial charge is 0.383 e. The van der Waals surface area contributed by atoms with Crippen molar-refractivity contribution in [1.29, 1.82) is 0 Å². The Morgan fingerprint density at radius 3 is 2.43 bits per heavy atom. The van der Waals surface area contributed by atoms with Crippen LogP contribution in [0, 0.1) is 12.9 Å². The molecular formula is C26H28FN7O. The van der Waals surface area contributed by atoms with Crippen LogP contribution in [0.3, 0.4) is 0 Å². The summed E-state index contributed by atoms with van der Waals surface area (Å²) in [5, 5.41) is 0.373. The van der Waals surface area contributed by atoms with Crippen LogP contribution in [-0.2, 0) is 0 Å². The minimum Gasteiger partial charge on any atom is -0.383 e. The monoisotopic (exact) mass is 473 g/mol. The summed E-state index contributed by atoms with van der Waals surface area (Å²) in [4.78, 5) is 32.3. The summed E-state index contributed by atoms with van der Waals surface area (Å²) in [5.74, 6) is -0.119. The lowest BCUT2D eigenvalue weighted by atomic mass is 10.0. The van der Waals surface area contributed by atoms with Crippen LogP contribution in [0.2, 0.25) is 0 Å². The van der Waals surface area contributed by atoms with Crippen molar-refractivity contribution in [2.24, 2.45) is 0 Å². The van der Waals surface area contributed by atoms with E-state index in [1.165, 1.54) is 6.20 Å². The topological polar surface area (TPSA) is 104 Å². The number of nitrogens with zero attached hydrogens (tertiary/aromatic N) is 5. The van der Waals surface area contributed by atoms with Gasteiger partial charge in [0, 0.05) is 55.2 Å². The van der Waals surface area contributed by atoms with Crippen LogP contribution < -0.4 is 16.2 Å². The first kappa shape index (κ1) is 22.9. The predicted octanol–water partition coefficient (Wildman–Crippen LogP) is 3.61. The van der Waals surface area contributed by atoms with E-state index in [4.69, 9.17) is 5.73 Å². The lowest BCUT2D eigenvalue weighted by Gasteiger charge is -2.38. The van der Waals surface area contributed by atoms with Crippen molar-refractivity contribution in [2.75, 3.05) is 36.8 Å². The number of aromatic amines is 1. The molecule has 4 heterocycles. The molecule has 0 saturated carbocycles. The Morgan fingerprint density at radius 2 is 1.74 bits per heavy atom. The zero-order chi connectivity index (χ0) is 24.7. The van der Waals surface area contributed by atoms with Crippen molar-refractivity contribution in [1.82, 2.24) is 24.8 Å². The number of hydrogen-bond acceptors (Lipinski definition) is 7. The Kier molecular flexibility index (Phi) is 5.94. The van der Waals surface area contributed by atoms with Gasteiger partial charge in [0.05, 0.1) is 16.6 Å². The van der Waals surface area contributed by atoms with Crippen molar-refractivity contribution in [2.45, 2.75) is 26.8 Å². The molecule has 1 fully saturated rings. The number of nitrogens with one attached hydrogen (secondary N) is 1. The van der Waals surface area contributed by atoms with Crippen LogP contribution in [0.5, 0.6) is 0 Å². The molecule has 3 aromatic heterocycles. The third-order valence-corrected chi connectivity index (χ3v) is 6.58. The van der Waals surface area contributed by atoms with Crippen molar-refractivity contribution in [3.05, 3.63) is 64.7 Å². The maximum absolute atomic E-state index is 14.9. The molecule has 0 atom stereocenters. The second kappa shape index (κ2) is 9.07. The number of nitrogens with two attached hydrogens (primary N) is 1. The minimum atomic E-state index is -0.643. The first-order chi connectivity index (χ1) is 16.8. The van der Waals surface area contributed by atoms with E-state index in [1.807, 2.05) is 24.3 Å². The number of rotatable bonds is 4. The van der Waals surface area contributed by atoms with Crippen LogP contribution in [0.25, 0.3) is 33.3 Å². The number of benzene rings is 1. The molecule has 3 N–H and O–H groups in total. The summed E-state index contributed by atoms with van der Waals surface area (Å²) < 4.78 is 14.9. The van der Waals surface area contributed by atoms with E-state index >= 15 is 0 Å². The summed E-state index contributed by atoms with van der Waals surface area (Å²) in [6, 6.07) is 11.7. The zero-order valence-electron chi connectivity index (χ0n) is 20.0. The Balaban J connectivity index is 1.46. The summed E-state index contributed by atoms with van der Waals surface area (Å²) in [6.45, 7) is 10.1. The number of fused-ring (bicyclic) bond motifs is 1.